The summed E-state index contributed by atoms with van der Waals surface area (Å²) in [6.07, 6.45) is 7.44. The standard InChI is InChI=1S/C8H14N2.HNO3/c1-3-4-5-8-9-6-7-10(8)2;2-1(3)4/h6-7H,3-5H2,1-2H3;(H,2,3,4). The third-order valence-corrected chi connectivity index (χ3v) is 1.67. The van der Waals surface area contributed by atoms with Gasteiger partial charge in [-0.05, 0) is 6.42 Å². The Morgan fingerprint density at radius 1 is 1.71 bits per heavy atom. The van der Waals surface area contributed by atoms with Crippen LogP contribution in [-0.4, -0.2) is 19.8 Å². The van der Waals surface area contributed by atoms with Crippen LogP contribution in [0.2, 0.25) is 0 Å². The Morgan fingerprint density at radius 3 is 2.64 bits per heavy atom. The molecule has 0 aromatic carbocycles. The topological polar surface area (TPSA) is 81.2 Å². The molecule has 1 heterocycles. The van der Waals surface area contributed by atoms with E-state index in [1.807, 2.05) is 19.4 Å². The van der Waals surface area contributed by atoms with Crippen molar-refractivity contribution in [3.63, 3.8) is 0 Å². The zero-order valence-electron chi connectivity index (χ0n) is 8.38. The lowest BCUT2D eigenvalue weighted by Crippen LogP contribution is -1.96. The minimum Gasteiger partial charge on any atom is -0.338 e. The van der Waals surface area contributed by atoms with E-state index in [1.54, 1.807) is 0 Å². The normalized spacial score (nSPS) is 9.00. The van der Waals surface area contributed by atoms with E-state index in [0.717, 1.165) is 6.42 Å². The Kier molecular flexibility index (Phi) is 6.09. The number of hydrogen-bond acceptors (Lipinski definition) is 3. The van der Waals surface area contributed by atoms with Crippen LogP contribution in [0.4, 0.5) is 0 Å². The Labute approximate surface area is 82.3 Å². The molecule has 0 spiro atoms. The molecule has 0 atom stereocenters. The van der Waals surface area contributed by atoms with E-state index in [1.165, 1.54) is 18.7 Å². The summed E-state index contributed by atoms with van der Waals surface area (Å²) in [6, 6.07) is 0. The maximum Gasteiger partial charge on any atom is 0.291 e. The number of unbranched alkanes of at least 4 members (excludes halogenated alkanes) is 1. The van der Waals surface area contributed by atoms with E-state index >= 15 is 0 Å². The summed E-state index contributed by atoms with van der Waals surface area (Å²) in [6.45, 7) is 2.20. The van der Waals surface area contributed by atoms with Gasteiger partial charge in [0, 0.05) is 25.9 Å². The molecule has 0 bridgehead atoms. The second-order valence-electron chi connectivity index (χ2n) is 2.80. The number of aromatic nitrogens is 2. The average molecular weight is 201 g/mol. The summed E-state index contributed by atoms with van der Waals surface area (Å²) in [7, 11) is 2.04. The molecule has 1 aromatic rings. The summed E-state index contributed by atoms with van der Waals surface area (Å²) >= 11 is 0. The summed E-state index contributed by atoms with van der Waals surface area (Å²) in [4.78, 5) is 12.6. The maximum absolute atomic E-state index is 8.36. The molecule has 0 aliphatic carbocycles. The molecule has 80 valence electrons. The van der Waals surface area contributed by atoms with Gasteiger partial charge in [0.2, 0.25) is 0 Å². The second kappa shape index (κ2) is 6.88. The minimum absolute atomic E-state index is 1.11. The fourth-order valence-corrected chi connectivity index (χ4v) is 0.972. The smallest absolute Gasteiger partial charge is 0.291 e. The molecule has 6 heteroatoms. The highest BCUT2D eigenvalue weighted by atomic mass is 16.9. The Morgan fingerprint density at radius 2 is 2.29 bits per heavy atom. The van der Waals surface area contributed by atoms with E-state index in [2.05, 4.69) is 16.5 Å². The van der Waals surface area contributed by atoms with E-state index in [9.17, 15) is 0 Å². The van der Waals surface area contributed by atoms with Gasteiger partial charge in [0.25, 0.3) is 5.09 Å². The Hall–Kier alpha value is -1.59. The highest BCUT2D eigenvalue weighted by molar-refractivity contribution is 4.90. The first-order chi connectivity index (χ1) is 6.57. The van der Waals surface area contributed by atoms with Gasteiger partial charge in [-0.1, -0.05) is 13.3 Å². The fraction of sp³-hybridized carbons (Fsp3) is 0.625. The number of rotatable bonds is 3. The summed E-state index contributed by atoms with van der Waals surface area (Å²) in [5, 5.41) is 13.6. The lowest BCUT2D eigenvalue weighted by Gasteiger charge is -1.97. The number of imidazole rings is 1. The van der Waals surface area contributed by atoms with E-state index in [0.29, 0.717) is 0 Å². The molecular weight excluding hydrogens is 186 g/mol. The van der Waals surface area contributed by atoms with E-state index in [4.69, 9.17) is 15.3 Å². The molecule has 0 aliphatic rings. The lowest BCUT2D eigenvalue weighted by atomic mass is 10.2. The fourth-order valence-electron chi connectivity index (χ4n) is 0.972. The monoisotopic (exact) mass is 201 g/mol. The van der Waals surface area contributed by atoms with Crippen molar-refractivity contribution < 1.29 is 10.3 Å². The molecule has 6 nitrogen and oxygen atoms in total. The average Bonchev–Trinajstić information content (AvgIpc) is 2.47. The van der Waals surface area contributed by atoms with Gasteiger partial charge in [0.1, 0.15) is 5.82 Å². The zero-order chi connectivity index (χ0) is 11.0. The van der Waals surface area contributed by atoms with Gasteiger partial charge in [-0.2, -0.15) is 0 Å². The Bertz CT molecular complexity index is 269. The summed E-state index contributed by atoms with van der Waals surface area (Å²) < 4.78 is 2.08. The number of aryl methyl sites for hydroxylation is 2. The largest absolute Gasteiger partial charge is 0.338 e. The molecule has 0 saturated carbocycles. The van der Waals surface area contributed by atoms with Crippen LogP contribution in [0.25, 0.3) is 0 Å². The molecule has 0 radical (unpaired) electrons. The van der Waals surface area contributed by atoms with Gasteiger partial charge >= 0.3 is 0 Å². The molecule has 1 rings (SSSR count). The highest BCUT2D eigenvalue weighted by Crippen LogP contribution is 2.00. The third kappa shape index (κ3) is 5.99. The Balaban J connectivity index is 0.000000364. The van der Waals surface area contributed by atoms with Gasteiger partial charge in [-0.25, -0.2) is 4.98 Å². The van der Waals surface area contributed by atoms with Crippen LogP contribution in [0.1, 0.15) is 25.6 Å². The van der Waals surface area contributed by atoms with E-state index < -0.39 is 5.09 Å². The number of nitrogens with zero attached hydrogens (tertiary/aromatic N) is 3. The van der Waals surface area contributed by atoms with Gasteiger partial charge in [0.05, 0.1) is 0 Å². The molecule has 0 aliphatic heterocycles. The van der Waals surface area contributed by atoms with Crippen LogP contribution in [0, 0.1) is 10.1 Å². The highest BCUT2D eigenvalue weighted by Gasteiger charge is 1.95. The van der Waals surface area contributed by atoms with Crippen LogP contribution >= 0.6 is 0 Å². The first-order valence-corrected chi connectivity index (χ1v) is 4.37. The molecule has 0 saturated heterocycles. The third-order valence-electron chi connectivity index (χ3n) is 1.67. The maximum atomic E-state index is 8.36. The summed E-state index contributed by atoms with van der Waals surface area (Å²) in [5.41, 5.74) is 0. The molecule has 14 heavy (non-hydrogen) atoms. The van der Waals surface area contributed by atoms with Gasteiger partial charge in [0.15, 0.2) is 0 Å². The van der Waals surface area contributed by atoms with Crippen molar-refractivity contribution in [1.29, 1.82) is 0 Å². The van der Waals surface area contributed by atoms with Crippen molar-refractivity contribution in [2.24, 2.45) is 7.05 Å². The van der Waals surface area contributed by atoms with Crippen molar-refractivity contribution in [2.75, 3.05) is 0 Å². The van der Waals surface area contributed by atoms with Gasteiger partial charge in [-0.3, -0.25) is 0 Å². The SMILES string of the molecule is CCCCc1nccn1C.O=[N+]([O-])O. The predicted molar refractivity (Wildman–Crippen MR) is 50.6 cm³/mol. The first-order valence-electron chi connectivity index (χ1n) is 4.37. The molecule has 0 fully saturated rings. The molecule has 1 N–H and O–H groups in total. The molecule has 0 unspecified atom stereocenters. The first kappa shape index (κ1) is 12.4. The predicted octanol–water partition coefficient (Wildman–Crippen LogP) is 1.41. The molecular formula is C8H15N3O3. The molecule has 1 aromatic heterocycles. The lowest BCUT2D eigenvalue weighted by molar-refractivity contribution is -0.742. The van der Waals surface area contributed by atoms with Crippen LogP contribution in [0.3, 0.4) is 0 Å². The molecule has 0 amide bonds. The van der Waals surface area contributed by atoms with Crippen molar-refractivity contribution >= 4 is 0 Å². The summed E-state index contributed by atoms with van der Waals surface area (Å²) in [5.74, 6) is 1.20. The quantitative estimate of drug-likeness (QED) is 0.592. The van der Waals surface area contributed by atoms with Crippen LogP contribution in [-0.2, 0) is 13.5 Å². The van der Waals surface area contributed by atoms with Crippen LogP contribution < -0.4 is 0 Å². The van der Waals surface area contributed by atoms with Crippen molar-refractivity contribution in [1.82, 2.24) is 9.55 Å². The van der Waals surface area contributed by atoms with Crippen molar-refractivity contribution in [3.8, 4) is 0 Å². The van der Waals surface area contributed by atoms with Crippen molar-refractivity contribution in [3.05, 3.63) is 28.3 Å². The van der Waals surface area contributed by atoms with Gasteiger partial charge in [-0.15, -0.1) is 10.1 Å². The van der Waals surface area contributed by atoms with Crippen LogP contribution in [0.15, 0.2) is 12.4 Å². The number of hydrogen-bond donors (Lipinski definition) is 1. The zero-order valence-corrected chi connectivity index (χ0v) is 8.38. The minimum atomic E-state index is -1.50. The van der Waals surface area contributed by atoms with Crippen molar-refractivity contribution in [2.45, 2.75) is 26.2 Å². The van der Waals surface area contributed by atoms with Crippen LogP contribution in [0.5, 0.6) is 0 Å². The van der Waals surface area contributed by atoms with E-state index in [-0.39, 0.29) is 0 Å². The van der Waals surface area contributed by atoms with Gasteiger partial charge < -0.3 is 9.77 Å². The second-order valence-corrected chi connectivity index (χ2v) is 2.80.